The van der Waals surface area contributed by atoms with Gasteiger partial charge in [-0.2, -0.15) is 0 Å². The van der Waals surface area contributed by atoms with Crippen molar-refractivity contribution in [3.8, 4) is 0 Å². The average Bonchev–Trinajstić information content (AvgIpc) is 2.14. The summed E-state index contributed by atoms with van der Waals surface area (Å²) < 4.78 is 38.2. The van der Waals surface area contributed by atoms with Crippen LogP contribution in [-0.2, 0) is 6.42 Å². The molecule has 0 heterocycles. The number of benzene rings is 1. The van der Waals surface area contributed by atoms with Gasteiger partial charge in [-0.3, -0.25) is 0 Å². The second kappa shape index (κ2) is 4.46. The van der Waals surface area contributed by atoms with Crippen LogP contribution in [0.3, 0.4) is 0 Å². The summed E-state index contributed by atoms with van der Waals surface area (Å²) in [7, 11) is 0. The third-order valence-electron chi connectivity index (χ3n) is 2.02. The molecular formula is C10H11F3O. The summed E-state index contributed by atoms with van der Waals surface area (Å²) >= 11 is 0. The number of rotatable bonds is 3. The van der Waals surface area contributed by atoms with Crippen LogP contribution in [0.25, 0.3) is 0 Å². The van der Waals surface area contributed by atoms with E-state index in [0.717, 1.165) is 6.07 Å². The van der Waals surface area contributed by atoms with Crippen LogP contribution in [0.5, 0.6) is 0 Å². The Bertz CT molecular complexity index is 325. The van der Waals surface area contributed by atoms with E-state index < -0.39 is 23.6 Å². The van der Waals surface area contributed by atoms with Gasteiger partial charge in [0.1, 0.15) is 5.82 Å². The molecule has 1 aromatic rings. The molecule has 0 aliphatic rings. The van der Waals surface area contributed by atoms with Crippen molar-refractivity contribution in [1.29, 1.82) is 0 Å². The molecule has 1 atom stereocenters. The average molecular weight is 204 g/mol. The van der Waals surface area contributed by atoms with Gasteiger partial charge in [-0.25, -0.2) is 13.2 Å². The van der Waals surface area contributed by atoms with Gasteiger partial charge in [0.05, 0.1) is 6.10 Å². The molecule has 1 N–H and O–H groups in total. The Labute approximate surface area is 80.2 Å². The molecule has 1 aromatic carbocycles. The summed E-state index contributed by atoms with van der Waals surface area (Å²) in [6.07, 6.45) is -0.285. The van der Waals surface area contributed by atoms with Gasteiger partial charge >= 0.3 is 0 Å². The molecule has 0 radical (unpaired) electrons. The van der Waals surface area contributed by atoms with Crippen LogP contribution < -0.4 is 0 Å². The van der Waals surface area contributed by atoms with Crippen molar-refractivity contribution in [3.05, 3.63) is 35.1 Å². The van der Waals surface area contributed by atoms with Crippen molar-refractivity contribution in [3.63, 3.8) is 0 Å². The first-order chi connectivity index (χ1) is 6.54. The van der Waals surface area contributed by atoms with Crippen LogP contribution in [-0.4, -0.2) is 11.2 Å². The van der Waals surface area contributed by atoms with Gasteiger partial charge in [0.15, 0.2) is 11.6 Å². The minimum Gasteiger partial charge on any atom is -0.393 e. The van der Waals surface area contributed by atoms with Crippen molar-refractivity contribution in [1.82, 2.24) is 0 Å². The summed E-state index contributed by atoms with van der Waals surface area (Å²) in [6, 6.07) is 1.27. The van der Waals surface area contributed by atoms with Gasteiger partial charge in [-0.15, -0.1) is 0 Å². The highest BCUT2D eigenvalue weighted by atomic mass is 19.2. The smallest absolute Gasteiger partial charge is 0.161 e. The molecule has 0 aromatic heterocycles. The number of hydrogen-bond acceptors (Lipinski definition) is 1. The van der Waals surface area contributed by atoms with Gasteiger partial charge in [0.2, 0.25) is 0 Å². The Hall–Kier alpha value is -1.03. The normalized spacial score (nSPS) is 12.9. The number of aliphatic hydroxyl groups excluding tert-OH is 1. The molecule has 0 saturated carbocycles. The minimum absolute atomic E-state index is 0.000463. The Balaban J connectivity index is 2.92. The SMILES string of the molecule is CC[C@@H](O)Cc1cc(F)c(F)cc1F. The molecular weight excluding hydrogens is 193 g/mol. The fourth-order valence-electron chi connectivity index (χ4n) is 1.12. The zero-order valence-corrected chi connectivity index (χ0v) is 7.73. The molecule has 0 aliphatic heterocycles. The molecule has 1 rings (SSSR count). The predicted molar refractivity (Wildman–Crippen MR) is 46.3 cm³/mol. The Morgan fingerprint density at radius 2 is 1.71 bits per heavy atom. The predicted octanol–water partition coefficient (Wildman–Crippen LogP) is 2.42. The molecule has 0 unspecified atom stereocenters. The molecule has 4 heteroatoms. The first kappa shape index (κ1) is 11.0. The van der Waals surface area contributed by atoms with Gasteiger partial charge in [0, 0.05) is 12.5 Å². The van der Waals surface area contributed by atoms with E-state index in [1.54, 1.807) is 6.92 Å². The first-order valence-corrected chi connectivity index (χ1v) is 4.36. The largest absolute Gasteiger partial charge is 0.393 e. The first-order valence-electron chi connectivity index (χ1n) is 4.36. The Morgan fingerprint density at radius 1 is 1.14 bits per heavy atom. The quantitative estimate of drug-likeness (QED) is 0.749. The molecule has 78 valence electrons. The Kier molecular flexibility index (Phi) is 3.52. The summed E-state index contributed by atoms with van der Waals surface area (Å²) in [5.41, 5.74) is -0.00162. The molecule has 0 aliphatic carbocycles. The van der Waals surface area contributed by atoms with Crippen molar-refractivity contribution < 1.29 is 18.3 Å². The maximum atomic E-state index is 13.0. The Morgan fingerprint density at radius 3 is 2.29 bits per heavy atom. The lowest BCUT2D eigenvalue weighted by Crippen LogP contribution is -2.10. The van der Waals surface area contributed by atoms with Crippen LogP contribution in [0, 0.1) is 17.5 Å². The second-order valence-electron chi connectivity index (χ2n) is 3.12. The standard InChI is InChI=1S/C10H11F3O/c1-2-7(14)3-6-4-9(12)10(13)5-8(6)11/h4-5,7,14H,2-3H2,1H3/t7-/m1/s1. The lowest BCUT2D eigenvalue weighted by Gasteiger charge is -2.08. The van der Waals surface area contributed by atoms with Crippen LogP contribution in [0.2, 0.25) is 0 Å². The maximum absolute atomic E-state index is 13.0. The highest BCUT2D eigenvalue weighted by Crippen LogP contribution is 2.15. The van der Waals surface area contributed by atoms with Crippen molar-refractivity contribution in [2.24, 2.45) is 0 Å². The van der Waals surface area contributed by atoms with Gasteiger partial charge in [-0.05, 0) is 18.1 Å². The van der Waals surface area contributed by atoms with Crippen LogP contribution >= 0.6 is 0 Å². The van der Waals surface area contributed by atoms with Gasteiger partial charge < -0.3 is 5.11 Å². The lowest BCUT2D eigenvalue weighted by atomic mass is 10.1. The zero-order valence-electron chi connectivity index (χ0n) is 7.73. The zero-order chi connectivity index (χ0) is 10.7. The minimum atomic E-state index is -1.21. The monoisotopic (exact) mass is 204 g/mol. The third kappa shape index (κ3) is 2.48. The maximum Gasteiger partial charge on any atom is 0.161 e. The molecule has 0 amide bonds. The van der Waals surface area contributed by atoms with E-state index in [1.807, 2.05) is 0 Å². The highest BCUT2D eigenvalue weighted by molar-refractivity contribution is 5.20. The second-order valence-corrected chi connectivity index (χ2v) is 3.12. The highest BCUT2D eigenvalue weighted by Gasteiger charge is 2.12. The molecule has 1 nitrogen and oxygen atoms in total. The fraction of sp³-hybridized carbons (Fsp3) is 0.400. The van der Waals surface area contributed by atoms with Crippen LogP contribution in [0.1, 0.15) is 18.9 Å². The van der Waals surface area contributed by atoms with Crippen LogP contribution in [0.15, 0.2) is 12.1 Å². The van der Waals surface area contributed by atoms with E-state index in [4.69, 9.17) is 0 Å². The number of aliphatic hydroxyl groups is 1. The van der Waals surface area contributed by atoms with E-state index in [-0.39, 0.29) is 12.0 Å². The fourth-order valence-corrected chi connectivity index (χ4v) is 1.12. The topological polar surface area (TPSA) is 20.2 Å². The lowest BCUT2D eigenvalue weighted by molar-refractivity contribution is 0.169. The van der Waals surface area contributed by atoms with Gasteiger partial charge in [-0.1, -0.05) is 6.92 Å². The molecule has 0 spiro atoms. The van der Waals surface area contributed by atoms with E-state index in [1.165, 1.54) is 0 Å². The third-order valence-corrected chi connectivity index (χ3v) is 2.02. The van der Waals surface area contributed by atoms with Gasteiger partial charge in [0.25, 0.3) is 0 Å². The number of hydrogen-bond donors (Lipinski definition) is 1. The summed E-state index contributed by atoms with van der Waals surface area (Å²) in [4.78, 5) is 0. The van der Waals surface area contributed by atoms with E-state index in [0.29, 0.717) is 12.5 Å². The van der Waals surface area contributed by atoms with Crippen LogP contribution in [0.4, 0.5) is 13.2 Å². The van der Waals surface area contributed by atoms with Crippen molar-refractivity contribution in [2.45, 2.75) is 25.9 Å². The van der Waals surface area contributed by atoms with E-state index >= 15 is 0 Å². The van der Waals surface area contributed by atoms with E-state index in [9.17, 15) is 18.3 Å². The molecule has 0 saturated heterocycles. The molecule has 0 bridgehead atoms. The van der Waals surface area contributed by atoms with Crippen molar-refractivity contribution >= 4 is 0 Å². The molecule has 14 heavy (non-hydrogen) atoms. The molecule has 0 fully saturated rings. The summed E-state index contributed by atoms with van der Waals surface area (Å²) in [6.45, 7) is 1.72. The number of halogens is 3. The summed E-state index contributed by atoms with van der Waals surface area (Å²) in [5, 5.41) is 9.21. The van der Waals surface area contributed by atoms with E-state index in [2.05, 4.69) is 0 Å². The summed E-state index contributed by atoms with van der Waals surface area (Å²) in [5.74, 6) is -3.13. The van der Waals surface area contributed by atoms with Crippen molar-refractivity contribution in [2.75, 3.05) is 0 Å².